The number of carboxylic acid groups (broad SMARTS) is 3. The van der Waals surface area contributed by atoms with E-state index in [1.54, 1.807) is 0 Å². The predicted molar refractivity (Wildman–Crippen MR) is 90.6 cm³/mol. The van der Waals surface area contributed by atoms with E-state index in [9.17, 15) is 14.4 Å². The summed E-state index contributed by atoms with van der Waals surface area (Å²) in [4.78, 5) is 31.1. The van der Waals surface area contributed by atoms with Crippen molar-refractivity contribution in [2.75, 3.05) is 0 Å². The van der Waals surface area contributed by atoms with E-state index in [2.05, 4.69) is 6.92 Å². The number of hydrogen-bond donors (Lipinski definition) is 3. The van der Waals surface area contributed by atoms with Gasteiger partial charge in [0.15, 0.2) is 0 Å². The van der Waals surface area contributed by atoms with E-state index >= 15 is 0 Å². The van der Waals surface area contributed by atoms with Gasteiger partial charge in [-0.15, -0.1) is 0 Å². The number of aromatic carboxylic acids is 2. The Morgan fingerprint density at radius 2 is 1.17 bits per heavy atom. The molecule has 6 heteroatoms. The van der Waals surface area contributed by atoms with Crippen molar-refractivity contribution < 1.29 is 29.7 Å². The first-order chi connectivity index (χ1) is 11.4. The van der Waals surface area contributed by atoms with Gasteiger partial charge >= 0.3 is 17.9 Å². The van der Waals surface area contributed by atoms with Crippen LogP contribution in [-0.2, 0) is 4.79 Å². The highest BCUT2D eigenvalue weighted by Gasteiger charge is 2.13. The van der Waals surface area contributed by atoms with Gasteiger partial charge in [0.25, 0.3) is 0 Å². The molecule has 0 atom stereocenters. The Labute approximate surface area is 142 Å². The van der Waals surface area contributed by atoms with Crippen LogP contribution in [0.5, 0.6) is 0 Å². The monoisotopic (exact) mass is 338 g/mol. The number of rotatable bonds is 10. The molecule has 134 valence electrons. The van der Waals surface area contributed by atoms with Crippen molar-refractivity contribution in [1.29, 1.82) is 0 Å². The van der Waals surface area contributed by atoms with Crippen molar-refractivity contribution in [2.24, 2.45) is 0 Å². The Bertz CT molecular complexity index is 491. The van der Waals surface area contributed by atoms with Crippen molar-refractivity contribution in [3.05, 3.63) is 35.4 Å². The van der Waals surface area contributed by atoms with Crippen LogP contribution in [0.2, 0.25) is 0 Å². The van der Waals surface area contributed by atoms with E-state index in [-0.39, 0.29) is 11.1 Å². The Kier molecular flexibility index (Phi) is 11.8. The standard InChI is InChI=1S/C10H20O2.C8H6O4/c1-2-3-4-5-6-7-8-9-10(11)12;9-7(10)5-3-1-2-4-6(5)8(11)12/h2-9H2,1H3,(H,11,12);1-4H,(H,9,10)(H,11,12). The van der Waals surface area contributed by atoms with Crippen LogP contribution >= 0.6 is 0 Å². The van der Waals surface area contributed by atoms with Crippen LogP contribution in [0.15, 0.2) is 24.3 Å². The smallest absolute Gasteiger partial charge is 0.336 e. The summed E-state index contributed by atoms with van der Waals surface area (Å²) in [7, 11) is 0. The Balaban J connectivity index is 0.000000441. The third-order valence-corrected chi connectivity index (χ3v) is 3.38. The SMILES string of the molecule is CCCCCCCCCC(=O)O.O=C(O)c1ccccc1C(=O)O. The molecule has 0 bridgehead atoms. The fourth-order valence-electron chi connectivity index (χ4n) is 2.09. The van der Waals surface area contributed by atoms with E-state index in [4.69, 9.17) is 15.3 Å². The van der Waals surface area contributed by atoms with Crippen LogP contribution in [0.3, 0.4) is 0 Å². The zero-order valence-electron chi connectivity index (χ0n) is 14.0. The van der Waals surface area contributed by atoms with Crippen LogP contribution in [0.4, 0.5) is 0 Å². The summed E-state index contributed by atoms with van der Waals surface area (Å²) in [6.07, 6.45) is 8.64. The first kappa shape index (κ1) is 21.6. The van der Waals surface area contributed by atoms with Gasteiger partial charge in [-0.05, 0) is 18.6 Å². The maximum absolute atomic E-state index is 10.5. The van der Waals surface area contributed by atoms with Gasteiger partial charge in [0.1, 0.15) is 0 Å². The first-order valence-electron chi connectivity index (χ1n) is 8.17. The van der Waals surface area contributed by atoms with Crippen LogP contribution < -0.4 is 0 Å². The molecule has 1 aromatic carbocycles. The van der Waals surface area contributed by atoms with Gasteiger partial charge in [0.2, 0.25) is 0 Å². The van der Waals surface area contributed by atoms with Crippen molar-refractivity contribution >= 4 is 17.9 Å². The molecule has 1 aromatic rings. The molecule has 0 saturated carbocycles. The summed E-state index contributed by atoms with van der Waals surface area (Å²) >= 11 is 0. The summed E-state index contributed by atoms with van der Waals surface area (Å²) in [5.41, 5.74) is -0.380. The molecule has 1 rings (SSSR count). The van der Waals surface area contributed by atoms with E-state index < -0.39 is 17.9 Å². The van der Waals surface area contributed by atoms with E-state index in [1.807, 2.05) is 0 Å². The molecule has 0 radical (unpaired) electrons. The quantitative estimate of drug-likeness (QED) is 0.548. The largest absolute Gasteiger partial charge is 0.481 e. The molecule has 6 nitrogen and oxygen atoms in total. The minimum absolute atomic E-state index is 0.190. The zero-order valence-corrected chi connectivity index (χ0v) is 14.0. The number of carboxylic acids is 3. The highest BCUT2D eigenvalue weighted by molar-refractivity contribution is 6.01. The topological polar surface area (TPSA) is 112 Å². The lowest BCUT2D eigenvalue weighted by Gasteiger charge is -1.98. The molecule has 0 heterocycles. The van der Waals surface area contributed by atoms with Crippen molar-refractivity contribution in [1.82, 2.24) is 0 Å². The van der Waals surface area contributed by atoms with Gasteiger partial charge in [-0.3, -0.25) is 4.79 Å². The Morgan fingerprint density at radius 1 is 0.750 bits per heavy atom. The average Bonchev–Trinajstić information content (AvgIpc) is 2.54. The summed E-state index contributed by atoms with van der Waals surface area (Å²) < 4.78 is 0. The highest BCUT2D eigenvalue weighted by atomic mass is 16.4. The normalized spacial score (nSPS) is 9.71. The molecule has 3 N–H and O–H groups in total. The molecular weight excluding hydrogens is 312 g/mol. The lowest BCUT2D eigenvalue weighted by molar-refractivity contribution is -0.137. The maximum Gasteiger partial charge on any atom is 0.336 e. The third-order valence-electron chi connectivity index (χ3n) is 3.38. The van der Waals surface area contributed by atoms with E-state index in [0.717, 1.165) is 12.8 Å². The van der Waals surface area contributed by atoms with Crippen LogP contribution in [-0.4, -0.2) is 33.2 Å². The minimum Gasteiger partial charge on any atom is -0.481 e. The fraction of sp³-hybridized carbons (Fsp3) is 0.500. The van der Waals surface area contributed by atoms with Crippen molar-refractivity contribution in [3.63, 3.8) is 0 Å². The van der Waals surface area contributed by atoms with Crippen LogP contribution in [0, 0.1) is 0 Å². The number of aliphatic carboxylic acids is 1. The molecular formula is C18H26O6. The number of carbonyl (C=O) groups is 3. The van der Waals surface area contributed by atoms with Gasteiger partial charge in [0.05, 0.1) is 11.1 Å². The molecule has 0 unspecified atom stereocenters. The summed E-state index contributed by atoms with van der Waals surface area (Å²) in [5.74, 6) is -3.12. The van der Waals surface area contributed by atoms with Gasteiger partial charge in [-0.2, -0.15) is 0 Å². The number of benzene rings is 1. The number of hydrogen-bond acceptors (Lipinski definition) is 3. The predicted octanol–water partition coefficient (Wildman–Crippen LogP) is 4.29. The maximum atomic E-state index is 10.5. The molecule has 0 saturated heterocycles. The molecule has 0 aromatic heterocycles. The molecule has 0 aliphatic heterocycles. The van der Waals surface area contributed by atoms with Gasteiger partial charge in [-0.1, -0.05) is 57.6 Å². The van der Waals surface area contributed by atoms with Crippen LogP contribution in [0.25, 0.3) is 0 Å². The van der Waals surface area contributed by atoms with Crippen molar-refractivity contribution in [3.8, 4) is 0 Å². The Hall–Kier alpha value is -2.37. The lowest BCUT2D eigenvalue weighted by atomic mass is 10.1. The summed E-state index contributed by atoms with van der Waals surface area (Å²) in [5, 5.41) is 25.5. The fourth-order valence-corrected chi connectivity index (χ4v) is 2.09. The lowest BCUT2D eigenvalue weighted by Crippen LogP contribution is -2.06. The van der Waals surface area contributed by atoms with Gasteiger partial charge in [0, 0.05) is 6.42 Å². The summed E-state index contributed by atoms with van der Waals surface area (Å²) in [6.45, 7) is 2.20. The van der Waals surface area contributed by atoms with Gasteiger partial charge in [-0.25, -0.2) is 9.59 Å². The van der Waals surface area contributed by atoms with Gasteiger partial charge < -0.3 is 15.3 Å². The summed E-state index contributed by atoms with van der Waals surface area (Å²) in [6, 6.07) is 5.48. The first-order valence-corrected chi connectivity index (χ1v) is 8.17. The minimum atomic E-state index is -1.23. The van der Waals surface area contributed by atoms with E-state index in [0.29, 0.717) is 6.42 Å². The molecule has 0 aliphatic carbocycles. The molecule has 0 fully saturated rings. The molecule has 24 heavy (non-hydrogen) atoms. The second kappa shape index (κ2) is 13.1. The zero-order chi connectivity index (χ0) is 18.4. The van der Waals surface area contributed by atoms with E-state index in [1.165, 1.54) is 56.4 Å². The third kappa shape index (κ3) is 10.4. The second-order valence-corrected chi connectivity index (χ2v) is 5.42. The van der Waals surface area contributed by atoms with Crippen LogP contribution in [0.1, 0.15) is 79.0 Å². The second-order valence-electron chi connectivity index (χ2n) is 5.42. The molecule has 0 aliphatic rings. The highest BCUT2D eigenvalue weighted by Crippen LogP contribution is 2.08. The average molecular weight is 338 g/mol. The Morgan fingerprint density at radius 3 is 1.54 bits per heavy atom. The molecule has 0 amide bonds. The number of unbranched alkanes of at least 4 members (excludes halogenated alkanes) is 6. The molecule has 0 spiro atoms. The van der Waals surface area contributed by atoms with Crippen molar-refractivity contribution in [2.45, 2.75) is 58.3 Å².